The lowest BCUT2D eigenvalue weighted by molar-refractivity contribution is -0.0113. The summed E-state index contributed by atoms with van der Waals surface area (Å²) in [7, 11) is 1.54. The summed E-state index contributed by atoms with van der Waals surface area (Å²) >= 11 is 0. The van der Waals surface area contributed by atoms with Crippen LogP contribution in [0.1, 0.15) is 6.92 Å². The summed E-state index contributed by atoms with van der Waals surface area (Å²) < 4.78 is 18.3. The Kier molecular flexibility index (Phi) is 2.23. The van der Waals surface area contributed by atoms with Gasteiger partial charge in [-0.3, -0.25) is 0 Å². The molecule has 3 nitrogen and oxygen atoms in total. The number of rotatable bonds is 1. The smallest absolute Gasteiger partial charge is 0.154 e. The van der Waals surface area contributed by atoms with Crippen molar-refractivity contribution in [1.29, 1.82) is 0 Å². The van der Waals surface area contributed by atoms with Crippen LogP contribution in [0.15, 0.2) is 0 Å². The van der Waals surface area contributed by atoms with E-state index >= 15 is 0 Å². The molecule has 0 aromatic rings. The molecule has 4 atom stereocenters. The average Bonchev–Trinajstić information content (AvgIpc) is 2.14. The molecule has 0 aromatic carbocycles. The number of aliphatic hydroxyl groups excluding tert-OH is 2. The van der Waals surface area contributed by atoms with E-state index in [0.717, 1.165) is 0 Å². The molecule has 0 saturated carbocycles. The van der Waals surface area contributed by atoms with Crippen LogP contribution < -0.4 is 0 Å². The van der Waals surface area contributed by atoms with Gasteiger partial charge in [0.05, 0.1) is 12.6 Å². The van der Waals surface area contributed by atoms with Gasteiger partial charge in [-0.15, -0.1) is 0 Å². The van der Waals surface area contributed by atoms with Gasteiger partial charge in [-0.05, 0) is 6.92 Å². The second-order valence-corrected chi connectivity index (χ2v) is 3.10. The third-order valence-electron chi connectivity index (χ3n) is 2.28. The van der Waals surface area contributed by atoms with Crippen LogP contribution in [0.2, 0.25) is 0 Å². The first-order valence-corrected chi connectivity index (χ1v) is 3.63. The highest BCUT2D eigenvalue weighted by atomic mass is 19.1. The molecule has 0 unspecified atom stereocenters. The Morgan fingerprint density at radius 3 is 2.45 bits per heavy atom. The Morgan fingerprint density at radius 2 is 2.27 bits per heavy atom. The minimum Gasteiger partial charge on any atom is -0.394 e. The first-order valence-electron chi connectivity index (χ1n) is 3.63. The Hall–Kier alpha value is -0.125. The molecule has 5 heteroatoms. The van der Waals surface area contributed by atoms with Crippen molar-refractivity contribution < 1.29 is 19.3 Å². The highest BCUT2D eigenvalue weighted by Crippen LogP contribution is 2.32. The van der Waals surface area contributed by atoms with Crippen molar-refractivity contribution in [2.45, 2.75) is 30.8 Å². The van der Waals surface area contributed by atoms with Crippen molar-refractivity contribution in [2.75, 3.05) is 6.61 Å². The van der Waals surface area contributed by atoms with Crippen LogP contribution in [0, 0.1) is 0 Å². The lowest BCUT2D eigenvalue weighted by Crippen LogP contribution is -2.42. The molecule has 1 fully saturated rings. The maximum atomic E-state index is 13.3. The first kappa shape index (κ1) is 8.97. The molecule has 2 N–H and O–H groups in total. The van der Waals surface area contributed by atoms with Crippen LogP contribution in [0.25, 0.3) is 0 Å². The standard InChI is InChI=1S/C6H12BFO3/c1-6(8)4(10)3(2-9)11-5(6)7/h3-5,9-10H,2,7H2,1H3/t3-,4-,5-,6-/m1/s1. The largest absolute Gasteiger partial charge is 0.394 e. The van der Waals surface area contributed by atoms with E-state index in [9.17, 15) is 9.50 Å². The van der Waals surface area contributed by atoms with Gasteiger partial charge >= 0.3 is 0 Å². The van der Waals surface area contributed by atoms with Gasteiger partial charge in [-0.2, -0.15) is 0 Å². The van der Waals surface area contributed by atoms with E-state index in [1.54, 1.807) is 7.85 Å². The fourth-order valence-corrected chi connectivity index (χ4v) is 1.22. The van der Waals surface area contributed by atoms with Crippen LogP contribution in [0.4, 0.5) is 4.39 Å². The minimum absolute atomic E-state index is 0.342. The Bertz CT molecular complexity index is 153. The number of alkyl halides is 1. The fourth-order valence-electron chi connectivity index (χ4n) is 1.22. The number of aliphatic hydroxyl groups is 2. The lowest BCUT2D eigenvalue weighted by atomic mass is 9.83. The lowest BCUT2D eigenvalue weighted by Gasteiger charge is -2.20. The van der Waals surface area contributed by atoms with E-state index in [4.69, 9.17) is 9.84 Å². The number of halogens is 1. The molecule has 0 radical (unpaired) electrons. The van der Waals surface area contributed by atoms with E-state index in [-0.39, 0.29) is 6.61 Å². The number of ether oxygens (including phenoxy) is 1. The van der Waals surface area contributed by atoms with E-state index in [0.29, 0.717) is 0 Å². The summed E-state index contributed by atoms with van der Waals surface area (Å²) in [5.74, 6) is 0. The van der Waals surface area contributed by atoms with E-state index in [1.807, 2.05) is 0 Å². The van der Waals surface area contributed by atoms with Gasteiger partial charge in [-0.25, -0.2) is 4.39 Å². The summed E-state index contributed by atoms with van der Waals surface area (Å²) in [6, 6.07) is -0.658. The van der Waals surface area contributed by atoms with Crippen LogP contribution in [0.3, 0.4) is 0 Å². The average molecular weight is 162 g/mol. The van der Waals surface area contributed by atoms with Crippen molar-refractivity contribution in [1.82, 2.24) is 0 Å². The Balaban J connectivity index is 2.71. The van der Waals surface area contributed by atoms with Crippen molar-refractivity contribution >= 4 is 7.85 Å². The second-order valence-electron chi connectivity index (χ2n) is 3.10. The normalized spacial score (nSPS) is 51.5. The van der Waals surface area contributed by atoms with Crippen molar-refractivity contribution in [3.05, 3.63) is 0 Å². The monoisotopic (exact) mass is 162 g/mol. The molecule has 0 amide bonds. The molecular formula is C6H12BFO3. The number of hydrogen-bond donors (Lipinski definition) is 2. The quantitative estimate of drug-likeness (QED) is 0.457. The van der Waals surface area contributed by atoms with Gasteiger partial charge in [-0.1, -0.05) is 0 Å². The molecule has 0 aliphatic carbocycles. The predicted octanol–water partition coefficient (Wildman–Crippen LogP) is -1.57. The molecule has 1 aliphatic heterocycles. The zero-order valence-corrected chi connectivity index (χ0v) is 6.62. The SMILES string of the molecule is B[C@@H]1O[C@H](CO)[C@@H](O)[C@@]1(C)F. The first-order chi connectivity index (χ1) is 5.00. The van der Waals surface area contributed by atoms with Crippen LogP contribution in [0.5, 0.6) is 0 Å². The van der Waals surface area contributed by atoms with Gasteiger partial charge in [0.2, 0.25) is 0 Å². The predicted molar refractivity (Wildman–Crippen MR) is 39.8 cm³/mol. The second kappa shape index (κ2) is 2.73. The molecule has 0 bridgehead atoms. The van der Waals surface area contributed by atoms with Gasteiger partial charge < -0.3 is 14.9 Å². The third kappa shape index (κ3) is 1.28. The van der Waals surface area contributed by atoms with Crippen molar-refractivity contribution in [2.24, 2.45) is 0 Å². The maximum Gasteiger partial charge on any atom is 0.154 e. The highest BCUT2D eigenvalue weighted by Gasteiger charge is 2.50. The zero-order valence-electron chi connectivity index (χ0n) is 6.62. The summed E-state index contributed by atoms with van der Waals surface area (Å²) in [6.45, 7) is 0.934. The Morgan fingerprint density at radius 1 is 1.73 bits per heavy atom. The zero-order chi connectivity index (χ0) is 8.65. The summed E-state index contributed by atoms with van der Waals surface area (Å²) in [5.41, 5.74) is -1.74. The molecule has 0 aromatic heterocycles. The molecule has 1 aliphatic rings. The maximum absolute atomic E-state index is 13.3. The molecular weight excluding hydrogens is 150 g/mol. The van der Waals surface area contributed by atoms with Gasteiger partial charge in [0.25, 0.3) is 0 Å². The molecule has 1 rings (SSSR count). The molecule has 11 heavy (non-hydrogen) atoms. The number of hydrogen-bond acceptors (Lipinski definition) is 3. The third-order valence-corrected chi connectivity index (χ3v) is 2.28. The molecule has 0 spiro atoms. The van der Waals surface area contributed by atoms with Crippen LogP contribution in [-0.2, 0) is 4.74 Å². The summed E-state index contributed by atoms with van der Waals surface area (Å²) in [4.78, 5) is 0. The van der Waals surface area contributed by atoms with Crippen LogP contribution in [-0.4, -0.2) is 48.5 Å². The van der Waals surface area contributed by atoms with E-state index in [1.165, 1.54) is 6.92 Å². The van der Waals surface area contributed by atoms with Crippen molar-refractivity contribution in [3.8, 4) is 0 Å². The molecule has 1 saturated heterocycles. The minimum atomic E-state index is -1.74. The van der Waals surface area contributed by atoms with Gasteiger partial charge in [0.1, 0.15) is 20.1 Å². The van der Waals surface area contributed by atoms with Gasteiger partial charge in [0, 0.05) is 0 Å². The van der Waals surface area contributed by atoms with Crippen molar-refractivity contribution in [3.63, 3.8) is 0 Å². The van der Waals surface area contributed by atoms with E-state index in [2.05, 4.69) is 0 Å². The topological polar surface area (TPSA) is 49.7 Å². The molecule has 64 valence electrons. The van der Waals surface area contributed by atoms with E-state index < -0.39 is 23.9 Å². The van der Waals surface area contributed by atoms with Gasteiger partial charge in [0.15, 0.2) is 5.67 Å². The fraction of sp³-hybridized carbons (Fsp3) is 1.00. The summed E-state index contributed by atoms with van der Waals surface area (Å²) in [5, 5.41) is 17.9. The molecule has 1 heterocycles. The van der Waals surface area contributed by atoms with Crippen LogP contribution >= 0.6 is 0 Å². The Labute approximate surface area is 65.6 Å². The highest BCUT2D eigenvalue weighted by molar-refractivity contribution is 6.12. The summed E-state index contributed by atoms with van der Waals surface area (Å²) in [6.07, 6.45) is -2.00.